The van der Waals surface area contributed by atoms with Gasteiger partial charge < -0.3 is 14.5 Å². The van der Waals surface area contributed by atoms with Crippen molar-refractivity contribution in [1.82, 2.24) is 24.4 Å². The molecule has 3 aromatic rings. The van der Waals surface area contributed by atoms with Gasteiger partial charge in [-0.15, -0.1) is 0 Å². The number of H-pyrrole nitrogens is 1. The Morgan fingerprint density at radius 1 is 1.33 bits per heavy atom. The van der Waals surface area contributed by atoms with Gasteiger partial charge in [-0.2, -0.15) is 0 Å². The lowest BCUT2D eigenvalue weighted by molar-refractivity contribution is 0.0656. The molecule has 0 saturated carbocycles. The second-order valence-electron chi connectivity index (χ2n) is 7.08. The quantitative estimate of drug-likeness (QED) is 0.770. The number of imidazole rings is 2. The molecule has 0 radical (unpaired) electrons. The molecule has 4 rings (SSSR count). The number of benzene rings is 1. The van der Waals surface area contributed by atoms with Crippen LogP contribution in [0, 0.1) is 18.7 Å². The van der Waals surface area contributed by atoms with Crippen LogP contribution >= 0.6 is 0 Å². The van der Waals surface area contributed by atoms with E-state index in [4.69, 9.17) is 0 Å². The van der Waals surface area contributed by atoms with Crippen LogP contribution in [0.3, 0.4) is 0 Å². The lowest BCUT2D eigenvalue weighted by Crippen LogP contribution is -2.41. The highest BCUT2D eigenvalue weighted by atomic mass is 19.1. The van der Waals surface area contributed by atoms with Gasteiger partial charge in [0.25, 0.3) is 5.91 Å². The number of likely N-dealkylation sites (tertiary alicyclic amines) is 1. The van der Waals surface area contributed by atoms with E-state index in [1.165, 1.54) is 12.1 Å². The number of hydrogen-bond donors (Lipinski definition) is 1. The monoisotopic (exact) mass is 367 g/mol. The van der Waals surface area contributed by atoms with Gasteiger partial charge in [0.15, 0.2) is 0 Å². The number of nitrogens with zero attached hydrogens (tertiary/aromatic N) is 4. The number of aromatic amines is 1. The summed E-state index contributed by atoms with van der Waals surface area (Å²) in [6.45, 7) is 4.18. The van der Waals surface area contributed by atoms with E-state index in [1.807, 2.05) is 24.3 Å². The third-order valence-corrected chi connectivity index (χ3v) is 5.04. The van der Waals surface area contributed by atoms with E-state index in [1.54, 1.807) is 18.3 Å². The topological polar surface area (TPSA) is 66.8 Å². The van der Waals surface area contributed by atoms with E-state index in [0.717, 1.165) is 43.7 Å². The molecule has 1 fully saturated rings. The number of piperidine rings is 1. The number of aromatic nitrogens is 4. The second-order valence-corrected chi connectivity index (χ2v) is 7.08. The SMILES string of the molecule is Cc1[nH]c(-c2ccc(F)cc2)nc1C(=O)N1CCCC(Cn2ccnc2)C1. The number of amides is 1. The highest BCUT2D eigenvalue weighted by Gasteiger charge is 2.27. The summed E-state index contributed by atoms with van der Waals surface area (Å²) in [4.78, 5) is 26.7. The summed E-state index contributed by atoms with van der Waals surface area (Å²) in [5.41, 5.74) is 1.93. The second kappa shape index (κ2) is 7.34. The van der Waals surface area contributed by atoms with Gasteiger partial charge in [0.2, 0.25) is 0 Å². The van der Waals surface area contributed by atoms with Crippen molar-refractivity contribution in [3.63, 3.8) is 0 Å². The van der Waals surface area contributed by atoms with Crippen LogP contribution in [0.4, 0.5) is 4.39 Å². The molecule has 2 aromatic heterocycles. The van der Waals surface area contributed by atoms with Crippen LogP contribution in [0.5, 0.6) is 0 Å². The highest BCUT2D eigenvalue weighted by molar-refractivity contribution is 5.94. The first-order chi connectivity index (χ1) is 13.1. The predicted octanol–water partition coefficient (Wildman–Crippen LogP) is 3.27. The number of aryl methyl sites for hydroxylation is 1. The largest absolute Gasteiger partial charge is 0.341 e. The molecule has 1 amide bonds. The number of hydrogen-bond acceptors (Lipinski definition) is 3. The van der Waals surface area contributed by atoms with Crippen LogP contribution in [-0.4, -0.2) is 43.4 Å². The molecular weight excluding hydrogens is 345 g/mol. The maximum absolute atomic E-state index is 13.1. The van der Waals surface area contributed by atoms with E-state index in [-0.39, 0.29) is 11.7 Å². The number of carbonyl (C=O) groups excluding carboxylic acids is 1. The molecule has 1 unspecified atom stereocenters. The van der Waals surface area contributed by atoms with Crippen LogP contribution in [0.2, 0.25) is 0 Å². The standard InChI is InChI=1S/C20H22FN5O/c1-14-18(24-19(23-14)16-4-6-17(21)7-5-16)20(27)26-9-2-3-15(12-26)11-25-10-8-22-13-25/h4-8,10,13,15H,2-3,9,11-12H2,1H3,(H,23,24). The first kappa shape index (κ1) is 17.5. The Kier molecular flexibility index (Phi) is 4.75. The lowest BCUT2D eigenvalue weighted by atomic mass is 9.97. The molecule has 140 valence electrons. The Morgan fingerprint density at radius 3 is 2.89 bits per heavy atom. The number of halogens is 1. The van der Waals surface area contributed by atoms with Gasteiger partial charge in [-0.25, -0.2) is 14.4 Å². The van der Waals surface area contributed by atoms with E-state index >= 15 is 0 Å². The van der Waals surface area contributed by atoms with Crippen molar-refractivity contribution < 1.29 is 9.18 Å². The predicted molar refractivity (Wildman–Crippen MR) is 99.6 cm³/mol. The minimum absolute atomic E-state index is 0.0487. The van der Waals surface area contributed by atoms with Gasteiger partial charge >= 0.3 is 0 Å². The Bertz CT molecular complexity index is 917. The van der Waals surface area contributed by atoms with Crippen molar-refractivity contribution >= 4 is 5.91 Å². The van der Waals surface area contributed by atoms with E-state index in [2.05, 4.69) is 19.5 Å². The van der Waals surface area contributed by atoms with Gasteiger partial charge in [-0.05, 0) is 49.9 Å². The van der Waals surface area contributed by atoms with Crippen LogP contribution in [-0.2, 0) is 6.54 Å². The average Bonchev–Trinajstić information content (AvgIpc) is 3.32. The zero-order valence-electron chi connectivity index (χ0n) is 15.2. The van der Waals surface area contributed by atoms with Gasteiger partial charge in [0.1, 0.15) is 17.3 Å². The molecular formula is C20H22FN5O. The van der Waals surface area contributed by atoms with Crippen molar-refractivity contribution in [3.05, 3.63) is 60.2 Å². The van der Waals surface area contributed by atoms with E-state index in [9.17, 15) is 9.18 Å². The van der Waals surface area contributed by atoms with Crippen LogP contribution in [0.1, 0.15) is 29.0 Å². The zero-order valence-corrected chi connectivity index (χ0v) is 15.2. The van der Waals surface area contributed by atoms with Crippen molar-refractivity contribution in [2.75, 3.05) is 13.1 Å². The molecule has 0 bridgehead atoms. The minimum Gasteiger partial charge on any atom is -0.341 e. The smallest absolute Gasteiger partial charge is 0.274 e. The molecule has 3 heterocycles. The summed E-state index contributed by atoms with van der Waals surface area (Å²) in [6.07, 6.45) is 7.62. The molecule has 1 aromatic carbocycles. The number of carbonyl (C=O) groups is 1. The molecule has 1 N–H and O–H groups in total. The van der Waals surface area contributed by atoms with E-state index in [0.29, 0.717) is 17.4 Å². The summed E-state index contributed by atoms with van der Waals surface area (Å²) in [5.74, 6) is 0.651. The molecule has 0 aliphatic carbocycles. The van der Waals surface area contributed by atoms with E-state index < -0.39 is 0 Å². The fourth-order valence-electron chi connectivity index (χ4n) is 3.65. The first-order valence-corrected chi connectivity index (χ1v) is 9.17. The molecule has 6 nitrogen and oxygen atoms in total. The van der Waals surface area contributed by atoms with Crippen LogP contribution in [0.15, 0.2) is 43.0 Å². The Labute approximate surface area is 157 Å². The molecule has 27 heavy (non-hydrogen) atoms. The molecule has 1 aliphatic heterocycles. The number of nitrogens with one attached hydrogen (secondary N) is 1. The molecule has 1 saturated heterocycles. The Balaban J connectivity index is 1.49. The average molecular weight is 367 g/mol. The maximum Gasteiger partial charge on any atom is 0.274 e. The van der Waals surface area contributed by atoms with Crippen molar-refractivity contribution in [2.24, 2.45) is 5.92 Å². The summed E-state index contributed by atoms with van der Waals surface area (Å²) >= 11 is 0. The summed E-state index contributed by atoms with van der Waals surface area (Å²) < 4.78 is 15.2. The Morgan fingerprint density at radius 2 is 2.15 bits per heavy atom. The van der Waals surface area contributed by atoms with Crippen molar-refractivity contribution in [1.29, 1.82) is 0 Å². The molecule has 1 atom stereocenters. The lowest BCUT2D eigenvalue weighted by Gasteiger charge is -2.32. The third-order valence-electron chi connectivity index (χ3n) is 5.04. The van der Waals surface area contributed by atoms with Crippen LogP contribution in [0.25, 0.3) is 11.4 Å². The van der Waals surface area contributed by atoms with Gasteiger partial charge in [0.05, 0.1) is 6.33 Å². The van der Waals surface area contributed by atoms with Gasteiger partial charge in [-0.1, -0.05) is 0 Å². The highest BCUT2D eigenvalue weighted by Crippen LogP contribution is 2.23. The maximum atomic E-state index is 13.1. The molecule has 1 aliphatic rings. The minimum atomic E-state index is -0.296. The fourth-order valence-corrected chi connectivity index (χ4v) is 3.65. The molecule has 0 spiro atoms. The van der Waals surface area contributed by atoms with Crippen LogP contribution < -0.4 is 0 Å². The summed E-state index contributed by atoms with van der Waals surface area (Å²) in [7, 11) is 0. The summed E-state index contributed by atoms with van der Waals surface area (Å²) in [6, 6.07) is 6.09. The van der Waals surface area contributed by atoms with Crippen molar-refractivity contribution in [3.8, 4) is 11.4 Å². The summed E-state index contributed by atoms with van der Waals surface area (Å²) in [5, 5.41) is 0. The first-order valence-electron chi connectivity index (χ1n) is 9.17. The van der Waals surface area contributed by atoms with Gasteiger partial charge in [-0.3, -0.25) is 4.79 Å². The zero-order chi connectivity index (χ0) is 18.8. The van der Waals surface area contributed by atoms with Gasteiger partial charge in [0, 0.05) is 43.3 Å². The third kappa shape index (κ3) is 3.77. The Hall–Kier alpha value is -2.96. The molecule has 7 heteroatoms. The number of rotatable bonds is 4. The van der Waals surface area contributed by atoms with Crippen molar-refractivity contribution in [2.45, 2.75) is 26.3 Å². The normalized spacial score (nSPS) is 17.3. The fraction of sp³-hybridized carbons (Fsp3) is 0.350.